The summed E-state index contributed by atoms with van der Waals surface area (Å²) in [6.07, 6.45) is 0. The molecular formula is C12H13N3O2S. The van der Waals surface area contributed by atoms with E-state index in [-0.39, 0.29) is 18.2 Å². The van der Waals surface area contributed by atoms with Crippen LogP contribution in [0.25, 0.3) is 0 Å². The van der Waals surface area contributed by atoms with E-state index in [1.54, 1.807) is 5.38 Å². The highest BCUT2D eigenvalue weighted by molar-refractivity contribution is 7.13. The number of hydrogen-bond donors (Lipinski definition) is 3. The average Bonchev–Trinajstić information content (AvgIpc) is 2.83. The standard InChI is InChI=1S/C12H13N3O2S/c13-12-15-10(7-18-12)11(17)14-9(6-16)8-4-2-1-3-5-8/h1-5,7,9,16H,6H2,(H2,13,15)(H,14,17). The quantitative estimate of drug-likeness (QED) is 0.773. The first-order chi connectivity index (χ1) is 8.70. The van der Waals surface area contributed by atoms with Crippen LogP contribution in [-0.2, 0) is 0 Å². The SMILES string of the molecule is Nc1nc(C(=O)NC(CO)c2ccccc2)cs1. The summed E-state index contributed by atoms with van der Waals surface area (Å²) in [5, 5.41) is 14.0. The van der Waals surface area contributed by atoms with E-state index in [2.05, 4.69) is 10.3 Å². The molecule has 1 amide bonds. The van der Waals surface area contributed by atoms with Crippen molar-refractivity contribution in [2.75, 3.05) is 12.3 Å². The Balaban J connectivity index is 2.10. The maximum absolute atomic E-state index is 11.9. The number of rotatable bonds is 4. The number of aliphatic hydroxyl groups is 1. The van der Waals surface area contributed by atoms with Gasteiger partial charge in [0, 0.05) is 5.38 Å². The van der Waals surface area contributed by atoms with Crippen molar-refractivity contribution >= 4 is 22.4 Å². The minimum atomic E-state index is -0.443. The van der Waals surface area contributed by atoms with Gasteiger partial charge in [-0.1, -0.05) is 30.3 Å². The van der Waals surface area contributed by atoms with Crippen LogP contribution >= 0.6 is 11.3 Å². The van der Waals surface area contributed by atoms with Gasteiger partial charge in [-0.3, -0.25) is 4.79 Å². The van der Waals surface area contributed by atoms with Crippen LogP contribution in [0.5, 0.6) is 0 Å². The highest BCUT2D eigenvalue weighted by atomic mass is 32.1. The number of aromatic nitrogens is 1. The number of aliphatic hydroxyl groups excluding tert-OH is 1. The van der Waals surface area contributed by atoms with Gasteiger partial charge < -0.3 is 16.2 Å². The monoisotopic (exact) mass is 263 g/mol. The van der Waals surface area contributed by atoms with Gasteiger partial charge in [0.15, 0.2) is 5.13 Å². The Bertz CT molecular complexity index is 527. The summed E-state index contributed by atoms with van der Waals surface area (Å²) < 4.78 is 0. The highest BCUT2D eigenvalue weighted by Crippen LogP contribution is 2.15. The molecule has 18 heavy (non-hydrogen) atoms. The number of carbonyl (C=O) groups is 1. The zero-order chi connectivity index (χ0) is 13.0. The van der Waals surface area contributed by atoms with Crippen molar-refractivity contribution in [1.82, 2.24) is 10.3 Å². The number of benzene rings is 1. The molecule has 1 aromatic carbocycles. The maximum Gasteiger partial charge on any atom is 0.271 e. The molecule has 0 aliphatic heterocycles. The summed E-state index contributed by atoms with van der Waals surface area (Å²) in [4.78, 5) is 15.8. The lowest BCUT2D eigenvalue weighted by molar-refractivity contribution is 0.0912. The van der Waals surface area contributed by atoms with E-state index in [1.807, 2.05) is 30.3 Å². The first kappa shape index (κ1) is 12.5. The van der Waals surface area contributed by atoms with E-state index in [0.29, 0.717) is 5.13 Å². The lowest BCUT2D eigenvalue weighted by atomic mass is 10.1. The van der Waals surface area contributed by atoms with Crippen LogP contribution in [0.2, 0.25) is 0 Å². The summed E-state index contributed by atoms with van der Waals surface area (Å²) in [6, 6.07) is 8.82. The molecule has 2 aromatic rings. The lowest BCUT2D eigenvalue weighted by Gasteiger charge is -2.15. The molecule has 0 saturated carbocycles. The van der Waals surface area contributed by atoms with E-state index in [9.17, 15) is 9.90 Å². The Morgan fingerprint density at radius 1 is 1.44 bits per heavy atom. The molecule has 0 spiro atoms. The number of thiazole rings is 1. The number of carbonyl (C=O) groups excluding carboxylic acids is 1. The van der Waals surface area contributed by atoms with Crippen LogP contribution in [0.15, 0.2) is 35.7 Å². The average molecular weight is 263 g/mol. The normalized spacial score (nSPS) is 12.1. The van der Waals surface area contributed by atoms with Crippen LogP contribution in [0.1, 0.15) is 22.1 Å². The number of anilines is 1. The van der Waals surface area contributed by atoms with Crippen molar-refractivity contribution in [3.05, 3.63) is 47.0 Å². The van der Waals surface area contributed by atoms with Gasteiger partial charge in [-0.25, -0.2) is 4.98 Å². The third-order valence-corrected chi connectivity index (χ3v) is 3.12. The third kappa shape index (κ3) is 2.85. The summed E-state index contributed by atoms with van der Waals surface area (Å²) in [5.41, 5.74) is 6.58. The molecular weight excluding hydrogens is 250 g/mol. The molecule has 5 nitrogen and oxygen atoms in total. The van der Waals surface area contributed by atoms with Crippen molar-refractivity contribution in [3.8, 4) is 0 Å². The fraction of sp³-hybridized carbons (Fsp3) is 0.167. The van der Waals surface area contributed by atoms with Crippen LogP contribution < -0.4 is 11.1 Å². The van der Waals surface area contributed by atoms with Crippen LogP contribution in [0.4, 0.5) is 5.13 Å². The second-order valence-corrected chi connectivity index (χ2v) is 4.58. The highest BCUT2D eigenvalue weighted by Gasteiger charge is 2.16. The molecule has 0 aliphatic rings. The molecule has 0 fully saturated rings. The third-order valence-electron chi connectivity index (χ3n) is 2.44. The first-order valence-electron chi connectivity index (χ1n) is 5.38. The van der Waals surface area contributed by atoms with E-state index in [0.717, 1.165) is 5.56 Å². The van der Waals surface area contributed by atoms with Crippen LogP contribution in [0, 0.1) is 0 Å². The predicted octanol–water partition coefficient (Wildman–Crippen LogP) is 1.19. The number of nitrogens with zero attached hydrogens (tertiary/aromatic N) is 1. The molecule has 1 aromatic heterocycles. The lowest BCUT2D eigenvalue weighted by Crippen LogP contribution is -2.31. The molecule has 4 N–H and O–H groups in total. The second kappa shape index (κ2) is 5.61. The van der Waals surface area contributed by atoms with Gasteiger partial charge in [-0.05, 0) is 5.56 Å². The van der Waals surface area contributed by atoms with Gasteiger partial charge in [-0.15, -0.1) is 11.3 Å². The Kier molecular flexibility index (Phi) is 3.91. The zero-order valence-electron chi connectivity index (χ0n) is 9.54. The second-order valence-electron chi connectivity index (χ2n) is 3.69. The summed E-state index contributed by atoms with van der Waals surface area (Å²) in [6.45, 7) is -0.171. The fourth-order valence-corrected chi connectivity index (χ4v) is 2.09. The minimum absolute atomic E-state index is 0.171. The van der Waals surface area contributed by atoms with Gasteiger partial charge in [0.1, 0.15) is 5.69 Å². The number of hydrogen-bond acceptors (Lipinski definition) is 5. The van der Waals surface area contributed by atoms with E-state index in [4.69, 9.17) is 5.73 Å². The molecule has 6 heteroatoms. The van der Waals surface area contributed by atoms with Crippen molar-refractivity contribution in [2.45, 2.75) is 6.04 Å². The summed E-state index contributed by atoms with van der Waals surface area (Å²) >= 11 is 1.21. The Morgan fingerprint density at radius 3 is 2.72 bits per heavy atom. The molecule has 0 saturated heterocycles. The smallest absolute Gasteiger partial charge is 0.271 e. The van der Waals surface area contributed by atoms with Gasteiger partial charge in [0.05, 0.1) is 12.6 Å². The van der Waals surface area contributed by atoms with E-state index in [1.165, 1.54) is 11.3 Å². The van der Waals surface area contributed by atoms with E-state index >= 15 is 0 Å². The number of nitrogens with two attached hydrogens (primary N) is 1. The van der Waals surface area contributed by atoms with Crippen molar-refractivity contribution in [3.63, 3.8) is 0 Å². The summed E-state index contributed by atoms with van der Waals surface area (Å²) in [5.74, 6) is -0.342. The molecule has 0 bridgehead atoms. The van der Waals surface area contributed by atoms with Crippen molar-refractivity contribution < 1.29 is 9.90 Å². The minimum Gasteiger partial charge on any atom is -0.394 e. The summed E-state index contributed by atoms with van der Waals surface area (Å²) in [7, 11) is 0. The van der Waals surface area contributed by atoms with Gasteiger partial charge in [-0.2, -0.15) is 0 Å². The number of amides is 1. The Labute approximate surface area is 108 Å². The molecule has 0 aliphatic carbocycles. The predicted molar refractivity (Wildman–Crippen MR) is 70.3 cm³/mol. The van der Waals surface area contributed by atoms with Crippen molar-refractivity contribution in [1.29, 1.82) is 0 Å². The number of nitrogens with one attached hydrogen (secondary N) is 1. The van der Waals surface area contributed by atoms with Crippen LogP contribution in [0.3, 0.4) is 0 Å². The van der Waals surface area contributed by atoms with Gasteiger partial charge in [0.25, 0.3) is 5.91 Å². The molecule has 0 radical (unpaired) electrons. The fourth-order valence-electron chi connectivity index (χ4n) is 1.54. The molecule has 1 heterocycles. The Morgan fingerprint density at radius 2 is 2.17 bits per heavy atom. The van der Waals surface area contributed by atoms with Crippen LogP contribution in [-0.4, -0.2) is 22.6 Å². The molecule has 1 unspecified atom stereocenters. The topological polar surface area (TPSA) is 88.2 Å². The Hall–Kier alpha value is -1.92. The largest absolute Gasteiger partial charge is 0.394 e. The van der Waals surface area contributed by atoms with Crippen molar-refractivity contribution in [2.24, 2.45) is 0 Å². The molecule has 94 valence electrons. The maximum atomic E-state index is 11.9. The number of nitrogen functional groups attached to an aromatic ring is 1. The van der Waals surface area contributed by atoms with E-state index < -0.39 is 6.04 Å². The van der Waals surface area contributed by atoms with Gasteiger partial charge in [0.2, 0.25) is 0 Å². The molecule has 2 rings (SSSR count). The first-order valence-corrected chi connectivity index (χ1v) is 6.26. The zero-order valence-corrected chi connectivity index (χ0v) is 10.4. The molecule has 1 atom stereocenters. The van der Waals surface area contributed by atoms with Gasteiger partial charge >= 0.3 is 0 Å².